The van der Waals surface area contributed by atoms with Gasteiger partial charge < -0.3 is 5.11 Å². The zero-order valence-electron chi connectivity index (χ0n) is 10.4. The lowest BCUT2D eigenvalue weighted by atomic mass is 10.2. The number of benzene rings is 1. The van der Waals surface area contributed by atoms with Gasteiger partial charge in [-0.3, -0.25) is 9.40 Å². The second-order valence-corrected chi connectivity index (χ2v) is 5.77. The zero-order chi connectivity index (χ0) is 13.9. The SMILES string of the molecule is Cc1ccccc1NS(=O)(=O)c1cnn(CCO)c1. The molecule has 0 amide bonds. The summed E-state index contributed by atoms with van der Waals surface area (Å²) in [5.41, 5.74) is 1.38. The van der Waals surface area contributed by atoms with E-state index in [1.807, 2.05) is 19.1 Å². The van der Waals surface area contributed by atoms with Crippen LogP contribution in [0.4, 0.5) is 5.69 Å². The smallest absolute Gasteiger partial charge is 0.265 e. The number of aromatic nitrogens is 2. The topological polar surface area (TPSA) is 84.2 Å². The van der Waals surface area contributed by atoms with Gasteiger partial charge in [0.25, 0.3) is 10.0 Å². The lowest BCUT2D eigenvalue weighted by Crippen LogP contribution is -2.13. The van der Waals surface area contributed by atoms with Crippen LogP contribution >= 0.6 is 0 Å². The van der Waals surface area contributed by atoms with E-state index in [0.717, 1.165) is 5.56 Å². The molecule has 19 heavy (non-hydrogen) atoms. The molecule has 2 rings (SSSR count). The predicted octanol–water partition coefficient (Wildman–Crippen LogP) is 0.985. The van der Waals surface area contributed by atoms with Crippen LogP contribution in [-0.2, 0) is 16.6 Å². The highest BCUT2D eigenvalue weighted by molar-refractivity contribution is 7.92. The molecule has 1 aromatic carbocycles. The predicted molar refractivity (Wildman–Crippen MR) is 71.3 cm³/mol. The quantitative estimate of drug-likeness (QED) is 0.856. The molecule has 0 aliphatic carbocycles. The Morgan fingerprint density at radius 1 is 1.37 bits per heavy atom. The van der Waals surface area contributed by atoms with E-state index in [9.17, 15) is 8.42 Å². The summed E-state index contributed by atoms with van der Waals surface area (Å²) >= 11 is 0. The van der Waals surface area contributed by atoms with Crippen molar-refractivity contribution in [3.8, 4) is 0 Å². The van der Waals surface area contributed by atoms with Crippen molar-refractivity contribution < 1.29 is 13.5 Å². The minimum atomic E-state index is -3.65. The number of rotatable bonds is 5. The van der Waals surface area contributed by atoms with Gasteiger partial charge in [0, 0.05) is 6.20 Å². The van der Waals surface area contributed by atoms with Gasteiger partial charge in [0.15, 0.2) is 0 Å². The zero-order valence-corrected chi connectivity index (χ0v) is 11.3. The molecule has 1 aromatic heterocycles. The average Bonchev–Trinajstić information content (AvgIpc) is 2.82. The van der Waals surface area contributed by atoms with Crippen molar-refractivity contribution in [2.75, 3.05) is 11.3 Å². The van der Waals surface area contributed by atoms with E-state index in [1.54, 1.807) is 12.1 Å². The van der Waals surface area contributed by atoms with Gasteiger partial charge in [0.1, 0.15) is 4.90 Å². The van der Waals surface area contributed by atoms with E-state index >= 15 is 0 Å². The fraction of sp³-hybridized carbons (Fsp3) is 0.250. The Morgan fingerprint density at radius 3 is 2.79 bits per heavy atom. The summed E-state index contributed by atoms with van der Waals surface area (Å²) in [5.74, 6) is 0. The number of anilines is 1. The Balaban J connectivity index is 2.25. The molecule has 0 atom stereocenters. The largest absolute Gasteiger partial charge is 0.394 e. The van der Waals surface area contributed by atoms with Gasteiger partial charge in [-0.25, -0.2) is 8.42 Å². The van der Waals surface area contributed by atoms with Gasteiger partial charge in [0.2, 0.25) is 0 Å². The molecule has 1 heterocycles. The Labute approximate surface area is 111 Å². The van der Waals surface area contributed by atoms with Crippen LogP contribution in [-0.4, -0.2) is 29.9 Å². The highest BCUT2D eigenvalue weighted by atomic mass is 32.2. The summed E-state index contributed by atoms with van der Waals surface area (Å²) < 4.78 is 28.2. The third kappa shape index (κ3) is 3.12. The molecule has 0 radical (unpaired) electrons. The van der Waals surface area contributed by atoms with Crippen molar-refractivity contribution in [3.63, 3.8) is 0 Å². The normalized spacial score (nSPS) is 11.5. The van der Waals surface area contributed by atoms with E-state index in [2.05, 4.69) is 9.82 Å². The Kier molecular flexibility index (Phi) is 3.87. The maximum atomic E-state index is 12.1. The van der Waals surface area contributed by atoms with Crippen molar-refractivity contribution in [2.24, 2.45) is 0 Å². The first-order valence-electron chi connectivity index (χ1n) is 5.75. The molecule has 2 N–H and O–H groups in total. The van der Waals surface area contributed by atoms with Gasteiger partial charge in [-0.15, -0.1) is 0 Å². The molecule has 0 spiro atoms. The molecule has 0 unspecified atom stereocenters. The second kappa shape index (κ2) is 5.41. The lowest BCUT2D eigenvalue weighted by molar-refractivity contribution is 0.269. The van der Waals surface area contributed by atoms with E-state index in [0.29, 0.717) is 5.69 Å². The molecule has 7 heteroatoms. The summed E-state index contributed by atoms with van der Waals surface area (Å²) in [6.45, 7) is 2.00. The standard InChI is InChI=1S/C12H15N3O3S/c1-10-4-2-3-5-12(10)14-19(17,18)11-8-13-15(9-11)6-7-16/h2-5,8-9,14,16H,6-7H2,1H3. The van der Waals surface area contributed by atoms with Crippen LogP contribution in [0.5, 0.6) is 0 Å². The summed E-state index contributed by atoms with van der Waals surface area (Å²) in [6.07, 6.45) is 2.65. The van der Waals surface area contributed by atoms with E-state index in [-0.39, 0.29) is 18.0 Å². The molecule has 0 saturated carbocycles. The second-order valence-electron chi connectivity index (χ2n) is 4.08. The summed E-state index contributed by atoms with van der Waals surface area (Å²) in [4.78, 5) is 0.0733. The lowest BCUT2D eigenvalue weighted by Gasteiger charge is -2.08. The van der Waals surface area contributed by atoms with Crippen LogP contribution in [0.15, 0.2) is 41.6 Å². The third-order valence-corrected chi connectivity index (χ3v) is 3.96. The summed E-state index contributed by atoms with van der Waals surface area (Å²) in [7, 11) is -3.65. The van der Waals surface area contributed by atoms with E-state index < -0.39 is 10.0 Å². The molecule has 6 nitrogen and oxygen atoms in total. The van der Waals surface area contributed by atoms with Gasteiger partial charge in [-0.05, 0) is 18.6 Å². The number of aryl methyl sites for hydroxylation is 1. The molecule has 0 aliphatic rings. The molecule has 0 saturated heterocycles. The van der Waals surface area contributed by atoms with Crippen LogP contribution in [0.2, 0.25) is 0 Å². The van der Waals surface area contributed by atoms with Crippen LogP contribution < -0.4 is 4.72 Å². The first-order valence-corrected chi connectivity index (χ1v) is 7.23. The fourth-order valence-electron chi connectivity index (χ4n) is 1.60. The molecule has 0 aliphatic heterocycles. The molecular weight excluding hydrogens is 266 g/mol. The molecule has 0 bridgehead atoms. The Morgan fingerprint density at radius 2 is 2.11 bits per heavy atom. The van der Waals surface area contributed by atoms with Crippen LogP contribution in [0.1, 0.15) is 5.56 Å². The highest BCUT2D eigenvalue weighted by Gasteiger charge is 2.17. The molecule has 102 valence electrons. The first kappa shape index (κ1) is 13.6. The number of sulfonamides is 1. The van der Waals surface area contributed by atoms with Gasteiger partial charge in [-0.2, -0.15) is 5.10 Å². The Bertz CT molecular complexity index is 664. The van der Waals surface area contributed by atoms with E-state index in [4.69, 9.17) is 5.11 Å². The average molecular weight is 281 g/mol. The van der Waals surface area contributed by atoms with Gasteiger partial charge in [-0.1, -0.05) is 18.2 Å². The monoisotopic (exact) mass is 281 g/mol. The van der Waals surface area contributed by atoms with Gasteiger partial charge >= 0.3 is 0 Å². The number of hydrogen-bond donors (Lipinski definition) is 2. The summed E-state index contributed by atoms with van der Waals surface area (Å²) in [5, 5.41) is 12.7. The third-order valence-electron chi connectivity index (χ3n) is 2.64. The molecule has 2 aromatic rings. The minimum absolute atomic E-state index is 0.0733. The maximum absolute atomic E-state index is 12.1. The van der Waals surface area contributed by atoms with Crippen LogP contribution in [0.3, 0.4) is 0 Å². The van der Waals surface area contributed by atoms with Crippen molar-refractivity contribution in [3.05, 3.63) is 42.2 Å². The highest BCUT2D eigenvalue weighted by Crippen LogP contribution is 2.18. The fourth-order valence-corrected chi connectivity index (χ4v) is 2.68. The number of aliphatic hydroxyl groups is 1. The first-order chi connectivity index (χ1) is 9.03. The van der Waals surface area contributed by atoms with Crippen molar-refractivity contribution in [1.29, 1.82) is 0 Å². The van der Waals surface area contributed by atoms with Crippen molar-refractivity contribution in [2.45, 2.75) is 18.4 Å². The number of hydrogen-bond acceptors (Lipinski definition) is 4. The van der Waals surface area contributed by atoms with Crippen LogP contribution in [0, 0.1) is 6.92 Å². The Hall–Kier alpha value is -1.86. The number of nitrogens with zero attached hydrogens (tertiary/aromatic N) is 2. The molecular formula is C12H15N3O3S. The van der Waals surface area contributed by atoms with Crippen molar-refractivity contribution >= 4 is 15.7 Å². The number of para-hydroxylation sites is 1. The van der Waals surface area contributed by atoms with E-state index in [1.165, 1.54) is 17.1 Å². The number of nitrogens with one attached hydrogen (secondary N) is 1. The summed E-state index contributed by atoms with van der Waals surface area (Å²) in [6, 6.07) is 7.13. The van der Waals surface area contributed by atoms with Crippen molar-refractivity contribution in [1.82, 2.24) is 9.78 Å². The number of aliphatic hydroxyl groups excluding tert-OH is 1. The molecule has 0 fully saturated rings. The minimum Gasteiger partial charge on any atom is -0.394 e. The van der Waals surface area contributed by atoms with Gasteiger partial charge in [0.05, 0.1) is 25.0 Å². The van der Waals surface area contributed by atoms with Crippen LogP contribution in [0.25, 0.3) is 0 Å². The maximum Gasteiger partial charge on any atom is 0.265 e.